The Morgan fingerprint density at radius 2 is 1.71 bits per heavy atom. The van der Waals surface area contributed by atoms with Crippen LogP contribution in [0.1, 0.15) is 44.7 Å². The molecule has 0 heteroatoms. The lowest BCUT2D eigenvalue weighted by Gasteiger charge is -2.14. The Labute approximate surface area is 128 Å². The smallest absolute Gasteiger partial charge is 0.00305 e. The van der Waals surface area contributed by atoms with Gasteiger partial charge in [-0.3, -0.25) is 0 Å². The van der Waals surface area contributed by atoms with Gasteiger partial charge in [0.1, 0.15) is 0 Å². The highest BCUT2D eigenvalue weighted by atomic mass is 14.1. The second kappa shape index (κ2) is 7.08. The summed E-state index contributed by atoms with van der Waals surface area (Å²) >= 11 is 0. The van der Waals surface area contributed by atoms with Crippen molar-refractivity contribution in [3.63, 3.8) is 0 Å². The Morgan fingerprint density at radius 3 is 2.33 bits per heavy atom. The van der Waals surface area contributed by atoms with Gasteiger partial charge in [-0.1, -0.05) is 80.6 Å². The predicted molar refractivity (Wildman–Crippen MR) is 96.4 cm³/mol. The topological polar surface area (TPSA) is 0 Å². The van der Waals surface area contributed by atoms with Crippen molar-refractivity contribution in [2.24, 2.45) is 0 Å². The molecule has 0 N–H and O–H groups in total. The quantitative estimate of drug-likeness (QED) is 0.577. The Bertz CT molecular complexity index is 694. The minimum absolute atomic E-state index is 1.12. The molecule has 108 valence electrons. The molecule has 0 aromatic heterocycles. The molecule has 0 heterocycles. The molecule has 0 saturated carbocycles. The Kier molecular flexibility index (Phi) is 5.16. The molecule has 3 rings (SSSR count). The number of benzene rings is 2. The largest absolute Gasteiger partial charge is 0.0955 e. The first kappa shape index (κ1) is 15.3. The molecule has 0 unspecified atom stereocenters. The van der Waals surface area contributed by atoms with Crippen LogP contribution in [0.15, 0.2) is 61.2 Å². The second-order valence-electron chi connectivity index (χ2n) is 5.13. The van der Waals surface area contributed by atoms with E-state index < -0.39 is 0 Å². The molecular weight excluding hydrogens is 252 g/mol. The van der Waals surface area contributed by atoms with E-state index in [0.717, 1.165) is 18.4 Å². The van der Waals surface area contributed by atoms with Gasteiger partial charge >= 0.3 is 0 Å². The van der Waals surface area contributed by atoms with Crippen LogP contribution in [0.5, 0.6) is 0 Å². The van der Waals surface area contributed by atoms with Gasteiger partial charge in [0.25, 0.3) is 0 Å². The predicted octanol–water partition coefficient (Wildman–Crippen LogP) is 6.63. The van der Waals surface area contributed by atoms with E-state index in [2.05, 4.69) is 68.1 Å². The van der Waals surface area contributed by atoms with Gasteiger partial charge in [-0.2, -0.15) is 0 Å². The van der Waals surface area contributed by atoms with Crippen LogP contribution in [0.4, 0.5) is 0 Å². The molecule has 0 aliphatic heterocycles. The lowest BCUT2D eigenvalue weighted by molar-refractivity contribution is 1.04. The lowest BCUT2D eigenvalue weighted by atomic mass is 9.90. The average Bonchev–Trinajstić information content (AvgIpc) is 2.56. The highest BCUT2D eigenvalue weighted by Gasteiger charge is 2.09. The normalized spacial score (nSPS) is 13.4. The van der Waals surface area contributed by atoms with Crippen molar-refractivity contribution in [3.8, 4) is 0 Å². The standard InChI is InChI=1S/C19H18.C2H6/c1-14(2)17-12-6-10-16-11-7-13-18(19(16)17)15-8-4-3-5-9-15;1-2/h4,6-13H,1,3,5H2,2H3;1-2H3. The average molecular weight is 276 g/mol. The molecule has 0 nitrogen and oxygen atoms in total. The van der Waals surface area contributed by atoms with E-state index in [1.807, 2.05) is 13.8 Å². The van der Waals surface area contributed by atoms with Crippen molar-refractivity contribution in [2.45, 2.75) is 33.6 Å². The third-order valence-electron chi connectivity index (χ3n) is 3.67. The summed E-state index contributed by atoms with van der Waals surface area (Å²) in [6, 6.07) is 13.0. The molecule has 0 bridgehead atoms. The fourth-order valence-corrected chi connectivity index (χ4v) is 2.75. The highest BCUT2D eigenvalue weighted by molar-refractivity contribution is 6.02. The minimum atomic E-state index is 1.12. The van der Waals surface area contributed by atoms with Gasteiger partial charge < -0.3 is 0 Å². The molecule has 0 spiro atoms. The van der Waals surface area contributed by atoms with Crippen molar-refractivity contribution < 1.29 is 0 Å². The van der Waals surface area contributed by atoms with Gasteiger partial charge in [0.05, 0.1) is 0 Å². The number of hydrogen-bond donors (Lipinski definition) is 0. The third-order valence-corrected chi connectivity index (χ3v) is 3.67. The molecule has 0 radical (unpaired) electrons. The highest BCUT2D eigenvalue weighted by Crippen LogP contribution is 2.33. The molecule has 1 aliphatic carbocycles. The molecule has 21 heavy (non-hydrogen) atoms. The Morgan fingerprint density at radius 1 is 1.00 bits per heavy atom. The van der Waals surface area contributed by atoms with E-state index in [4.69, 9.17) is 0 Å². The molecule has 2 aromatic carbocycles. The van der Waals surface area contributed by atoms with Crippen LogP contribution in [0.2, 0.25) is 0 Å². The maximum atomic E-state index is 4.12. The summed E-state index contributed by atoms with van der Waals surface area (Å²) in [5.41, 5.74) is 5.05. The third kappa shape index (κ3) is 3.16. The van der Waals surface area contributed by atoms with Crippen LogP contribution >= 0.6 is 0 Å². The second-order valence-corrected chi connectivity index (χ2v) is 5.13. The first-order chi connectivity index (χ1) is 10.3. The van der Waals surface area contributed by atoms with Crippen LogP contribution < -0.4 is 0 Å². The van der Waals surface area contributed by atoms with E-state index in [1.54, 1.807) is 0 Å². The van der Waals surface area contributed by atoms with Crippen LogP contribution in [-0.4, -0.2) is 0 Å². The summed E-state index contributed by atoms with van der Waals surface area (Å²) in [5.74, 6) is 0. The van der Waals surface area contributed by atoms with E-state index >= 15 is 0 Å². The summed E-state index contributed by atoms with van der Waals surface area (Å²) in [7, 11) is 0. The van der Waals surface area contributed by atoms with E-state index in [9.17, 15) is 0 Å². The zero-order valence-corrected chi connectivity index (χ0v) is 13.3. The van der Waals surface area contributed by atoms with Crippen LogP contribution in [0, 0.1) is 0 Å². The fourth-order valence-electron chi connectivity index (χ4n) is 2.75. The zero-order chi connectivity index (χ0) is 15.2. The van der Waals surface area contributed by atoms with Crippen LogP contribution in [0.3, 0.4) is 0 Å². The van der Waals surface area contributed by atoms with Crippen LogP contribution in [0.25, 0.3) is 21.9 Å². The lowest BCUT2D eigenvalue weighted by Crippen LogP contribution is -1.91. The van der Waals surface area contributed by atoms with Crippen molar-refractivity contribution in [3.05, 3.63) is 72.3 Å². The van der Waals surface area contributed by atoms with Gasteiger partial charge in [-0.15, -0.1) is 0 Å². The fraction of sp³-hybridized carbons (Fsp3) is 0.238. The van der Waals surface area contributed by atoms with E-state index in [-0.39, 0.29) is 0 Å². The summed E-state index contributed by atoms with van der Waals surface area (Å²) in [6.45, 7) is 10.2. The summed E-state index contributed by atoms with van der Waals surface area (Å²) in [5, 5.41) is 2.62. The monoisotopic (exact) mass is 276 g/mol. The first-order valence-electron chi connectivity index (χ1n) is 7.82. The van der Waals surface area contributed by atoms with E-state index in [1.165, 1.54) is 27.5 Å². The van der Waals surface area contributed by atoms with E-state index in [0.29, 0.717) is 0 Å². The Hall–Kier alpha value is -2.08. The number of rotatable bonds is 2. The molecule has 0 amide bonds. The number of allylic oxidation sites excluding steroid dienone is 5. The first-order valence-corrected chi connectivity index (χ1v) is 7.82. The SMILES string of the molecule is C=C(C)c1cccc2cccc(C3=CCCC=C3)c12.CC. The molecule has 1 aliphatic rings. The molecular formula is C21H24. The van der Waals surface area contributed by atoms with Crippen LogP contribution in [-0.2, 0) is 0 Å². The van der Waals surface area contributed by atoms with Gasteiger partial charge in [0.2, 0.25) is 0 Å². The van der Waals surface area contributed by atoms with Crippen molar-refractivity contribution in [2.75, 3.05) is 0 Å². The zero-order valence-electron chi connectivity index (χ0n) is 13.3. The van der Waals surface area contributed by atoms with Gasteiger partial charge in [0, 0.05) is 0 Å². The van der Waals surface area contributed by atoms with Gasteiger partial charge in [-0.05, 0) is 47.2 Å². The van der Waals surface area contributed by atoms with Gasteiger partial charge in [-0.25, -0.2) is 0 Å². The number of fused-ring (bicyclic) bond motifs is 1. The van der Waals surface area contributed by atoms with Crippen molar-refractivity contribution in [1.29, 1.82) is 0 Å². The molecule has 0 saturated heterocycles. The summed E-state index contributed by atoms with van der Waals surface area (Å²) in [4.78, 5) is 0. The Balaban J connectivity index is 0.000000774. The maximum Gasteiger partial charge on any atom is -0.00305 e. The maximum absolute atomic E-state index is 4.12. The summed E-state index contributed by atoms with van der Waals surface area (Å²) < 4.78 is 0. The molecule has 0 atom stereocenters. The van der Waals surface area contributed by atoms with Crippen molar-refractivity contribution in [1.82, 2.24) is 0 Å². The minimum Gasteiger partial charge on any atom is -0.0955 e. The molecule has 2 aromatic rings. The summed E-state index contributed by atoms with van der Waals surface area (Å²) in [6.07, 6.45) is 9.13. The van der Waals surface area contributed by atoms with Crippen molar-refractivity contribution >= 4 is 21.9 Å². The molecule has 0 fully saturated rings. The van der Waals surface area contributed by atoms with Gasteiger partial charge in [0.15, 0.2) is 0 Å². The number of hydrogen-bond acceptors (Lipinski definition) is 0.